The van der Waals surface area contributed by atoms with Crippen LogP contribution >= 0.6 is 0 Å². The van der Waals surface area contributed by atoms with E-state index in [2.05, 4.69) is 33.9 Å². The maximum atomic E-state index is 12.0. The number of furan rings is 1. The molecule has 1 aromatic rings. The molecule has 0 bridgehead atoms. The van der Waals surface area contributed by atoms with Gasteiger partial charge < -0.3 is 9.52 Å². The summed E-state index contributed by atoms with van der Waals surface area (Å²) in [6, 6.07) is 0. The van der Waals surface area contributed by atoms with Crippen molar-refractivity contribution >= 4 is 23.2 Å². The van der Waals surface area contributed by atoms with Crippen LogP contribution in [0.3, 0.4) is 0 Å². The van der Waals surface area contributed by atoms with Crippen molar-refractivity contribution in [1.29, 1.82) is 4.78 Å². The fraction of sp³-hybridized carbons (Fsp3) is 0.692. The van der Waals surface area contributed by atoms with E-state index < -0.39 is 23.6 Å². The maximum absolute atomic E-state index is 12.0. The van der Waals surface area contributed by atoms with E-state index in [1.54, 1.807) is 13.8 Å². The highest BCUT2D eigenvalue weighted by Crippen LogP contribution is 2.39. The SMILES string of the molecule is CC(C)(O)c1coc(S(=N)(N)=O)c1[Si](C)(C)C(C)(C)C. The van der Waals surface area contributed by atoms with Gasteiger partial charge in [-0.3, -0.25) is 0 Å². The van der Waals surface area contributed by atoms with E-state index in [4.69, 9.17) is 14.3 Å². The Bertz CT molecular complexity index is 605. The minimum atomic E-state index is -3.46. The van der Waals surface area contributed by atoms with Crippen molar-refractivity contribution in [3.05, 3.63) is 11.8 Å². The molecule has 0 aromatic carbocycles. The second-order valence-corrected chi connectivity index (χ2v) is 14.2. The molecule has 0 aliphatic carbocycles. The largest absolute Gasteiger partial charge is 0.453 e. The fourth-order valence-corrected chi connectivity index (χ4v) is 6.16. The van der Waals surface area contributed by atoms with Gasteiger partial charge in [-0.15, -0.1) is 0 Å². The first-order valence-corrected chi connectivity index (χ1v) is 11.1. The highest BCUT2D eigenvalue weighted by atomic mass is 32.2. The topological polar surface area (TPSA) is 100 Å². The summed E-state index contributed by atoms with van der Waals surface area (Å²) in [5.41, 5.74) is -0.540. The average molecular weight is 319 g/mol. The zero-order valence-electron chi connectivity index (χ0n) is 13.3. The summed E-state index contributed by atoms with van der Waals surface area (Å²) in [7, 11) is -5.63. The summed E-state index contributed by atoms with van der Waals surface area (Å²) in [5.74, 6) is 0. The summed E-state index contributed by atoms with van der Waals surface area (Å²) >= 11 is 0. The normalized spacial score (nSPS) is 17.1. The van der Waals surface area contributed by atoms with Gasteiger partial charge in [-0.2, -0.15) is 0 Å². The summed E-state index contributed by atoms with van der Waals surface area (Å²) in [4.78, 5) is 0. The van der Waals surface area contributed by atoms with Gasteiger partial charge in [0.2, 0.25) is 5.09 Å². The molecule has 0 saturated heterocycles. The minimum absolute atomic E-state index is 0.0150. The predicted molar refractivity (Wildman–Crippen MR) is 84.1 cm³/mol. The number of nitrogens with one attached hydrogen (secondary N) is 1. The van der Waals surface area contributed by atoms with E-state index in [1.807, 2.05) is 0 Å². The molecular weight excluding hydrogens is 292 g/mol. The Kier molecular flexibility index (Phi) is 4.08. The first-order valence-electron chi connectivity index (χ1n) is 6.51. The van der Waals surface area contributed by atoms with Crippen LogP contribution in [0.25, 0.3) is 0 Å². The zero-order chi connectivity index (χ0) is 16.1. The van der Waals surface area contributed by atoms with E-state index in [9.17, 15) is 9.32 Å². The second kappa shape index (κ2) is 4.69. The van der Waals surface area contributed by atoms with Crippen LogP contribution in [0.4, 0.5) is 0 Å². The van der Waals surface area contributed by atoms with E-state index in [-0.39, 0.29) is 10.1 Å². The van der Waals surface area contributed by atoms with Crippen molar-refractivity contribution in [3.8, 4) is 0 Å². The van der Waals surface area contributed by atoms with Crippen molar-refractivity contribution in [2.45, 2.75) is 63.4 Å². The molecule has 0 radical (unpaired) electrons. The van der Waals surface area contributed by atoms with Crippen LogP contribution in [-0.2, 0) is 15.5 Å². The lowest BCUT2D eigenvalue weighted by molar-refractivity contribution is 0.0787. The Labute approximate surface area is 122 Å². The minimum Gasteiger partial charge on any atom is -0.453 e. The van der Waals surface area contributed by atoms with Crippen LogP contribution in [0.5, 0.6) is 0 Å². The Morgan fingerprint density at radius 3 is 2.05 bits per heavy atom. The smallest absolute Gasteiger partial charge is 0.212 e. The van der Waals surface area contributed by atoms with E-state index >= 15 is 0 Å². The molecule has 0 fully saturated rings. The van der Waals surface area contributed by atoms with Gasteiger partial charge in [-0.1, -0.05) is 33.9 Å². The molecule has 0 aliphatic rings. The van der Waals surface area contributed by atoms with E-state index in [0.717, 1.165) is 0 Å². The van der Waals surface area contributed by atoms with Gasteiger partial charge >= 0.3 is 0 Å². The van der Waals surface area contributed by atoms with Crippen LogP contribution in [0.15, 0.2) is 15.8 Å². The molecule has 1 heterocycles. The number of hydrogen-bond acceptors (Lipinski definition) is 4. The second-order valence-electron chi connectivity index (χ2n) is 7.35. The van der Waals surface area contributed by atoms with Gasteiger partial charge in [-0.25, -0.2) is 14.1 Å². The first kappa shape index (κ1) is 17.4. The molecule has 20 heavy (non-hydrogen) atoms. The third kappa shape index (κ3) is 3.00. The lowest BCUT2D eigenvalue weighted by Crippen LogP contribution is -2.53. The molecule has 1 aromatic heterocycles. The standard InChI is InChI=1S/C13H26N2O3SSi/c1-12(2,3)20(6,7)10-9(13(4,5)16)8-18-11(10)19(14,15)17/h8,16H,1-7H3,(H3,14,15,17). The number of nitrogens with two attached hydrogens (primary N) is 1. The third-order valence-electron chi connectivity index (χ3n) is 4.19. The molecule has 1 atom stereocenters. The lowest BCUT2D eigenvalue weighted by Gasteiger charge is -2.38. The Morgan fingerprint density at radius 2 is 1.75 bits per heavy atom. The van der Waals surface area contributed by atoms with Crippen LogP contribution in [-0.4, -0.2) is 17.4 Å². The number of aliphatic hydroxyl groups is 1. The molecular formula is C13H26N2O3SSi. The van der Waals surface area contributed by atoms with Gasteiger partial charge in [0.15, 0.2) is 9.92 Å². The van der Waals surface area contributed by atoms with Crippen LogP contribution in [0.2, 0.25) is 18.1 Å². The van der Waals surface area contributed by atoms with E-state index in [0.29, 0.717) is 10.8 Å². The summed E-state index contributed by atoms with van der Waals surface area (Å²) < 4.78 is 25.0. The Balaban J connectivity index is 3.79. The van der Waals surface area contributed by atoms with Gasteiger partial charge in [-0.05, 0) is 18.9 Å². The van der Waals surface area contributed by atoms with Crippen LogP contribution in [0.1, 0.15) is 40.2 Å². The van der Waals surface area contributed by atoms with Crippen molar-refractivity contribution < 1.29 is 13.7 Å². The highest BCUT2D eigenvalue weighted by molar-refractivity contribution is 7.90. The molecule has 1 unspecified atom stereocenters. The number of rotatable bonds is 3. The first-order chi connectivity index (χ1) is 8.60. The zero-order valence-corrected chi connectivity index (χ0v) is 15.1. The Hall–Kier alpha value is -0.633. The molecule has 116 valence electrons. The van der Waals surface area contributed by atoms with Crippen molar-refractivity contribution in [2.75, 3.05) is 0 Å². The van der Waals surface area contributed by atoms with Crippen molar-refractivity contribution in [2.24, 2.45) is 5.14 Å². The Morgan fingerprint density at radius 1 is 1.30 bits per heavy atom. The van der Waals surface area contributed by atoms with Gasteiger partial charge in [0.05, 0.1) is 19.9 Å². The van der Waals surface area contributed by atoms with E-state index in [1.165, 1.54) is 6.26 Å². The lowest BCUT2D eigenvalue weighted by atomic mass is 10.0. The maximum Gasteiger partial charge on any atom is 0.212 e. The highest BCUT2D eigenvalue weighted by Gasteiger charge is 2.45. The predicted octanol–water partition coefficient (Wildman–Crippen LogP) is 2.50. The summed E-state index contributed by atoms with van der Waals surface area (Å²) in [5, 5.41) is 16.5. The molecule has 7 heteroatoms. The molecule has 0 saturated carbocycles. The summed E-state index contributed by atoms with van der Waals surface area (Å²) in [6.45, 7) is 13.8. The summed E-state index contributed by atoms with van der Waals surface area (Å²) in [6.07, 6.45) is 1.40. The quantitative estimate of drug-likeness (QED) is 0.746. The monoisotopic (exact) mass is 318 g/mol. The number of hydrogen-bond donors (Lipinski definition) is 3. The van der Waals surface area contributed by atoms with Crippen molar-refractivity contribution in [1.82, 2.24) is 0 Å². The van der Waals surface area contributed by atoms with Crippen molar-refractivity contribution in [3.63, 3.8) is 0 Å². The average Bonchev–Trinajstić information content (AvgIpc) is 2.57. The van der Waals surface area contributed by atoms with Gasteiger partial charge in [0.25, 0.3) is 0 Å². The molecule has 4 N–H and O–H groups in total. The third-order valence-corrected chi connectivity index (χ3v) is 10.7. The molecule has 0 spiro atoms. The van der Waals surface area contributed by atoms with Crippen LogP contribution in [0, 0.1) is 4.78 Å². The van der Waals surface area contributed by atoms with Gasteiger partial charge in [0.1, 0.15) is 0 Å². The fourth-order valence-electron chi connectivity index (χ4n) is 1.98. The van der Waals surface area contributed by atoms with Gasteiger partial charge in [0, 0.05) is 10.8 Å². The van der Waals surface area contributed by atoms with Crippen LogP contribution < -0.4 is 10.3 Å². The molecule has 0 amide bonds. The molecule has 1 rings (SSSR count). The molecule has 0 aliphatic heterocycles. The molecule has 5 nitrogen and oxygen atoms in total.